The van der Waals surface area contributed by atoms with Crippen LogP contribution in [0.15, 0.2) is 24.3 Å². The third-order valence-corrected chi connectivity index (χ3v) is 2.87. The van der Waals surface area contributed by atoms with E-state index in [4.69, 9.17) is 16.2 Å². The van der Waals surface area contributed by atoms with E-state index in [0.29, 0.717) is 10.6 Å². The molecule has 2 N–H and O–H groups in total. The summed E-state index contributed by atoms with van der Waals surface area (Å²) in [5.74, 6) is -0.472. The third kappa shape index (κ3) is 4.61. The highest BCUT2D eigenvalue weighted by Gasteiger charge is 2.12. The number of benzene rings is 1. The van der Waals surface area contributed by atoms with Crippen LogP contribution in [0.4, 0.5) is 0 Å². The van der Waals surface area contributed by atoms with Crippen LogP contribution in [-0.4, -0.2) is 23.8 Å². The molecule has 84 valence electrons. The van der Waals surface area contributed by atoms with Gasteiger partial charge in [0.05, 0.1) is 11.9 Å². The van der Waals surface area contributed by atoms with Gasteiger partial charge in [-0.05, 0) is 24.1 Å². The summed E-state index contributed by atoms with van der Waals surface area (Å²) in [6.07, 6.45) is -0.996. The molecule has 4 nitrogen and oxygen atoms in total. The highest BCUT2D eigenvalue weighted by molar-refractivity contribution is 7.85. The Balaban J connectivity index is 2.65. The summed E-state index contributed by atoms with van der Waals surface area (Å²) in [5.41, 5.74) is 0.533. The van der Waals surface area contributed by atoms with Crippen LogP contribution in [0.5, 0.6) is 0 Å². The molecule has 1 aromatic rings. The van der Waals surface area contributed by atoms with E-state index in [0.717, 1.165) is 0 Å². The molecule has 0 fully saturated rings. The highest BCUT2D eigenvalue weighted by Crippen LogP contribution is 2.20. The molecule has 6 heteroatoms. The standard InChI is InChI=1S/C9H11ClO4S/c10-8-3-1-2-7(6-8)9(11)4-5-15(12,13)14/h1-3,6,9,11H,4-5H2,(H,12,13,14)/t9-/m1/s1. The zero-order chi connectivity index (χ0) is 11.5. The molecule has 0 spiro atoms. The average Bonchev–Trinajstić information content (AvgIpc) is 2.13. The van der Waals surface area contributed by atoms with Gasteiger partial charge in [0, 0.05) is 5.02 Å². The van der Waals surface area contributed by atoms with Crippen molar-refractivity contribution in [3.05, 3.63) is 34.9 Å². The molecular weight excluding hydrogens is 240 g/mol. The Kier molecular flexibility index (Phi) is 4.10. The van der Waals surface area contributed by atoms with Crippen LogP contribution in [-0.2, 0) is 10.1 Å². The first kappa shape index (κ1) is 12.4. The smallest absolute Gasteiger partial charge is 0.264 e. The summed E-state index contributed by atoms with van der Waals surface area (Å²) in [4.78, 5) is 0. The highest BCUT2D eigenvalue weighted by atomic mass is 35.5. The third-order valence-electron chi connectivity index (χ3n) is 1.88. The van der Waals surface area contributed by atoms with Crippen molar-refractivity contribution in [3.63, 3.8) is 0 Å². The maximum absolute atomic E-state index is 10.5. The SMILES string of the molecule is O=S(=O)(O)CC[C@@H](O)c1cccc(Cl)c1. The minimum atomic E-state index is -4.03. The van der Waals surface area contributed by atoms with Gasteiger partial charge in [-0.25, -0.2) is 0 Å². The molecule has 0 heterocycles. The lowest BCUT2D eigenvalue weighted by molar-refractivity contribution is 0.173. The zero-order valence-corrected chi connectivity index (χ0v) is 9.37. The van der Waals surface area contributed by atoms with Crippen molar-refractivity contribution in [1.29, 1.82) is 0 Å². The van der Waals surface area contributed by atoms with Gasteiger partial charge in [-0.1, -0.05) is 23.7 Å². The summed E-state index contributed by atoms with van der Waals surface area (Å²) < 4.78 is 29.4. The normalized spacial score (nSPS) is 13.8. The predicted octanol–water partition coefficient (Wildman–Crippen LogP) is 1.65. The Morgan fingerprint density at radius 2 is 2.07 bits per heavy atom. The van der Waals surface area contributed by atoms with Gasteiger partial charge in [-0.15, -0.1) is 0 Å². The first-order chi connectivity index (χ1) is 6.88. The van der Waals surface area contributed by atoms with Crippen molar-refractivity contribution in [2.24, 2.45) is 0 Å². The molecule has 0 saturated heterocycles. The lowest BCUT2D eigenvalue weighted by Crippen LogP contribution is -2.08. The Bertz CT molecular complexity index is 429. The predicted molar refractivity (Wildman–Crippen MR) is 57.4 cm³/mol. The summed E-state index contributed by atoms with van der Waals surface area (Å²) in [7, 11) is -4.03. The van der Waals surface area contributed by atoms with Crippen LogP contribution in [0.3, 0.4) is 0 Å². The molecule has 1 atom stereocenters. The fraction of sp³-hybridized carbons (Fsp3) is 0.333. The second-order valence-corrected chi connectivity index (χ2v) is 5.15. The summed E-state index contributed by atoms with van der Waals surface area (Å²) >= 11 is 5.70. The van der Waals surface area contributed by atoms with Gasteiger partial charge in [0.25, 0.3) is 10.1 Å². The van der Waals surface area contributed by atoms with Crippen LogP contribution < -0.4 is 0 Å². The number of aliphatic hydroxyl groups excluding tert-OH is 1. The topological polar surface area (TPSA) is 74.6 Å². The number of rotatable bonds is 4. The molecule has 0 bridgehead atoms. The maximum atomic E-state index is 10.5. The van der Waals surface area contributed by atoms with Crippen molar-refractivity contribution in [3.8, 4) is 0 Å². The Morgan fingerprint density at radius 1 is 1.40 bits per heavy atom. The van der Waals surface area contributed by atoms with E-state index in [2.05, 4.69) is 0 Å². The second kappa shape index (κ2) is 4.94. The molecule has 0 radical (unpaired) electrons. The Hall–Kier alpha value is -0.620. The van der Waals surface area contributed by atoms with Gasteiger partial charge in [0.1, 0.15) is 0 Å². The van der Waals surface area contributed by atoms with Gasteiger partial charge in [-0.2, -0.15) is 8.42 Å². The minimum Gasteiger partial charge on any atom is -0.388 e. The van der Waals surface area contributed by atoms with E-state index in [9.17, 15) is 13.5 Å². The molecule has 0 aliphatic rings. The van der Waals surface area contributed by atoms with Crippen molar-refractivity contribution in [2.45, 2.75) is 12.5 Å². The van der Waals surface area contributed by atoms with Crippen LogP contribution in [0.2, 0.25) is 5.02 Å². The van der Waals surface area contributed by atoms with Crippen molar-refractivity contribution >= 4 is 21.7 Å². The monoisotopic (exact) mass is 250 g/mol. The van der Waals surface area contributed by atoms with Crippen LogP contribution >= 0.6 is 11.6 Å². The van der Waals surface area contributed by atoms with Gasteiger partial charge in [0.2, 0.25) is 0 Å². The van der Waals surface area contributed by atoms with E-state index in [1.165, 1.54) is 0 Å². The molecule has 15 heavy (non-hydrogen) atoms. The quantitative estimate of drug-likeness (QED) is 0.797. The molecule has 0 amide bonds. The van der Waals surface area contributed by atoms with Crippen molar-refractivity contribution < 1.29 is 18.1 Å². The largest absolute Gasteiger partial charge is 0.388 e. The Labute approximate surface area is 93.3 Å². The van der Waals surface area contributed by atoms with Crippen LogP contribution in [0.1, 0.15) is 18.1 Å². The van der Waals surface area contributed by atoms with Crippen molar-refractivity contribution in [2.75, 3.05) is 5.75 Å². The van der Waals surface area contributed by atoms with Gasteiger partial charge in [-0.3, -0.25) is 4.55 Å². The summed E-state index contributed by atoms with van der Waals surface area (Å²) in [5, 5.41) is 10.0. The fourth-order valence-corrected chi connectivity index (χ4v) is 1.86. The van der Waals surface area contributed by atoms with Crippen molar-refractivity contribution in [1.82, 2.24) is 0 Å². The van der Waals surface area contributed by atoms with E-state index >= 15 is 0 Å². The van der Waals surface area contributed by atoms with E-state index in [-0.39, 0.29) is 6.42 Å². The van der Waals surface area contributed by atoms with Crippen LogP contribution in [0.25, 0.3) is 0 Å². The molecule has 0 saturated carbocycles. The fourth-order valence-electron chi connectivity index (χ4n) is 1.14. The van der Waals surface area contributed by atoms with E-state index in [1.807, 2.05) is 0 Å². The molecule has 0 aromatic heterocycles. The van der Waals surface area contributed by atoms with Gasteiger partial charge in [0.15, 0.2) is 0 Å². The van der Waals surface area contributed by atoms with Gasteiger partial charge < -0.3 is 5.11 Å². The number of hydrogen-bond acceptors (Lipinski definition) is 3. The summed E-state index contributed by atoms with van der Waals surface area (Å²) in [6.45, 7) is 0. The number of hydrogen-bond donors (Lipinski definition) is 2. The minimum absolute atomic E-state index is 0.0564. The maximum Gasteiger partial charge on any atom is 0.264 e. The number of aliphatic hydroxyl groups is 1. The molecule has 0 aliphatic heterocycles. The molecule has 0 aliphatic carbocycles. The second-order valence-electron chi connectivity index (χ2n) is 3.15. The lowest BCUT2D eigenvalue weighted by atomic mass is 10.1. The number of halogens is 1. The average molecular weight is 251 g/mol. The van der Waals surface area contributed by atoms with E-state index < -0.39 is 22.0 Å². The first-order valence-corrected chi connectivity index (χ1v) is 6.26. The molecule has 1 aromatic carbocycles. The Morgan fingerprint density at radius 3 is 2.60 bits per heavy atom. The van der Waals surface area contributed by atoms with Crippen LogP contribution in [0, 0.1) is 0 Å². The lowest BCUT2D eigenvalue weighted by Gasteiger charge is -2.09. The van der Waals surface area contributed by atoms with E-state index in [1.54, 1.807) is 24.3 Å². The molecule has 0 unspecified atom stereocenters. The molecular formula is C9H11ClO4S. The molecule has 1 rings (SSSR count). The summed E-state index contributed by atoms with van der Waals surface area (Å²) in [6, 6.07) is 6.51. The van der Waals surface area contributed by atoms with Gasteiger partial charge >= 0.3 is 0 Å². The first-order valence-electron chi connectivity index (χ1n) is 4.27. The zero-order valence-electron chi connectivity index (χ0n) is 7.80.